The van der Waals surface area contributed by atoms with Gasteiger partial charge in [-0.1, -0.05) is 34.6 Å². The van der Waals surface area contributed by atoms with Crippen molar-refractivity contribution in [3.63, 3.8) is 0 Å². The Morgan fingerprint density at radius 2 is 2.00 bits per heavy atom. The van der Waals surface area contributed by atoms with E-state index < -0.39 is 17.4 Å². The Labute approximate surface area is 165 Å². The zero-order valence-electron chi connectivity index (χ0n) is 17.1. The number of aromatic nitrogens is 1. The quantitative estimate of drug-likeness (QED) is 0.726. The van der Waals surface area contributed by atoms with Crippen LogP contribution in [0.15, 0.2) is 5.38 Å². The number of aliphatic carboxylic acids is 1. The number of carbonyl (C=O) groups excluding carboxylic acids is 1. The topological polar surface area (TPSA) is 83.0 Å². The predicted octanol–water partition coefficient (Wildman–Crippen LogP) is 3.44. The Morgan fingerprint density at radius 1 is 1.33 bits per heavy atom. The molecule has 0 radical (unpaired) electrons. The monoisotopic (exact) mass is 397 g/mol. The van der Waals surface area contributed by atoms with E-state index in [1.165, 1.54) is 16.2 Å². The van der Waals surface area contributed by atoms with Crippen LogP contribution in [0.5, 0.6) is 0 Å². The van der Waals surface area contributed by atoms with Crippen molar-refractivity contribution in [3.05, 3.63) is 16.1 Å². The summed E-state index contributed by atoms with van der Waals surface area (Å²) in [5, 5.41) is 12.7. The predicted molar refractivity (Wildman–Crippen MR) is 105 cm³/mol. The molecule has 1 aliphatic heterocycles. The van der Waals surface area contributed by atoms with E-state index in [4.69, 9.17) is 4.74 Å². The van der Waals surface area contributed by atoms with Gasteiger partial charge < -0.3 is 19.6 Å². The summed E-state index contributed by atoms with van der Waals surface area (Å²) in [6.07, 6.45) is 0.702. The van der Waals surface area contributed by atoms with Crippen LogP contribution >= 0.6 is 11.3 Å². The number of rotatable bonds is 8. The molecule has 1 saturated heterocycles. The van der Waals surface area contributed by atoms with Gasteiger partial charge in [0, 0.05) is 25.6 Å². The summed E-state index contributed by atoms with van der Waals surface area (Å²) in [7, 11) is 1.62. The number of methoxy groups -OCH3 is 1. The molecule has 1 aromatic rings. The third-order valence-corrected chi connectivity index (χ3v) is 5.49. The number of ether oxygens (including phenoxy) is 1. The largest absolute Gasteiger partial charge is 0.480 e. The highest BCUT2D eigenvalue weighted by atomic mass is 32.1. The minimum atomic E-state index is -0.949. The first kappa shape index (κ1) is 21.6. The fraction of sp³-hybridized carbons (Fsp3) is 0.737. The van der Waals surface area contributed by atoms with Gasteiger partial charge in [0.2, 0.25) is 0 Å². The summed E-state index contributed by atoms with van der Waals surface area (Å²) in [6.45, 7) is 11.9. The van der Waals surface area contributed by atoms with E-state index in [0.717, 1.165) is 10.7 Å². The molecule has 2 rings (SSSR count). The number of carbonyl (C=O) groups is 2. The van der Waals surface area contributed by atoms with Gasteiger partial charge in [0.15, 0.2) is 0 Å². The number of carboxylic acids is 1. The SMILES string of the molecule is COCc1nc(CN2CCN([C@H](C(=O)O)C(C)(C)CC(C)(C)C)C2=O)cs1. The van der Waals surface area contributed by atoms with Crippen molar-refractivity contribution in [1.29, 1.82) is 0 Å². The number of amides is 2. The van der Waals surface area contributed by atoms with Gasteiger partial charge in [-0.2, -0.15) is 0 Å². The van der Waals surface area contributed by atoms with E-state index in [2.05, 4.69) is 25.8 Å². The van der Waals surface area contributed by atoms with Crippen molar-refractivity contribution >= 4 is 23.3 Å². The Hall–Kier alpha value is -1.67. The molecule has 7 nitrogen and oxygen atoms in total. The van der Waals surface area contributed by atoms with E-state index in [0.29, 0.717) is 32.7 Å². The van der Waals surface area contributed by atoms with E-state index in [-0.39, 0.29) is 11.4 Å². The van der Waals surface area contributed by atoms with Crippen molar-refractivity contribution in [3.8, 4) is 0 Å². The van der Waals surface area contributed by atoms with Crippen molar-refractivity contribution in [1.82, 2.24) is 14.8 Å². The Morgan fingerprint density at radius 3 is 2.56 bits per heavy atom. The van der Waals surface area contributed by atoms with Gasteiger partial charge in [-0.05, 0) is 17.3 Å². The zero-order valence-corrected chi connectivity index (χ0v) is 17.9. The highest BCUT2D eigenvalue weighted by molar-refractivity contribution is 7.09. The molecule has 8 heteroatoms. The molecule has 1 fully saturated rings. The molecule has 27 heavy (non-hydrogen) atoms. The molecule has 0 spiro atoms. The molecular weight excluding hydrogens is 366 g/mol. The lowest BCUT2D eigenvalue weighted by Crippen LogP contribution is -2.52. The maximum absolute atomic E-state index is 12.9. The van der Waals surface area contributed by atoms with Crippen LogP contribution in [-0.4, -0.2) is 58.1 Å². The molecule has 0 bridgehead atoms. The second-order valence-electron chi connectivity index (χ2n) is 9.03. The number of hydrogen-bond acceptors (Lipinski definition) is 5. The molecule has 0 aliphatic carbocycles. The smallest absolute Gasteiger partial charge is 0.327 e. The summed E-state index contributed by atoms with van der Waals surface area (Å²) in [5.74, 6) is -0.949. The third kappa shape index (κ3) is 5.42. The Balaban J connectivity index is 2.13. The van der Waals surface area contributed by atoms with Crippen LogP contribution in [0, 0.1) is 10.8 Å². The van der Waals surface area contributed by atoms with Crippen molar-refractivity contribution in [2.75, 3.05) is 20.2 Å². The molecular formula is C19H31N3O4S. The molecule has 1 aromatic heterocycles. The van der Waals surface area contributed by atoms with Crippen LogP contribution in [0.4, 0.5) is 4.79 Å². The first-order valence-corrected chi connectivity index (χ1v) is 10.0. The van der Waals surface area contributed by atoms with E-state index in [9.17, 15) is 14.7 Å². The number of urea groups is 1. The fourth-order valence-corrected chi connectivity index (χ4v) is 4.90. The van der Waals surface area contributed by atoms with Crippen LogP contribution in [-0.2, 0) is 22.7 Å². The second kappa shape index (κ2) is 8.14. The lowest BCUT2D eigenvalue weighted by molar-refractivity contribution is -0.147. The standard InChI is InChI=1S/C19H31N3O4S/c1-18(2,3)12-19(4,5)15(16(23)24)22-8-7-21(17(22)25)9-13-11-27-14(20-13)10-26-6/h11,15H,7-10,12H2,1-6H3,(H,23,24)/t15-/m1/s1. The zero-order chi connectivity index (χ0) is 20.4. The second-order valence-corrected chi connectivity index (χ2v) is 9.97. The fourth-order valence-electron chi connectivity index (χ4n) is 4.15. The maximum atomic E-state index is 12.9. The molecule has 0 saturated carbocycles. The van der Waals surface area contributed by atoms with Gasteiger partial charge in [-0.25, -0.2) is 14.6 Å². The molecule has 2 amide bonds. The van der Waals surface area contributed by atoms with Gasteiger partial charge >= 0.3 is 12.0 Å². The van der Waals surface area contributed by atoms with Crippen molar-refractivity contribution in [2.45, 2.75) is 60.2 Å². The molecule has 0 aromatic carbocycles. The van der Waals surface area contributed by atoms with Crippen LogP contribution in [0.25, 0.3) is 0 Å². The lowest BCUT2D eigenvalue weighted by Gasteiger charge is -2.40. The number of thiazole rings is 1. The maximum Gasteiger partial charge on any atom is 0.327 e. The van der Waals surface area contributed by atoms with Crippen LogP contribution in [0.1, 0.15) is 51.7 Å². The molecule has 1 aliphatic rings. The highest BCUT2D eigenvalue weighted by Crippen LogP contribution is 2.39. The Kier molecular flexibility index (Phi) is 6.52. The average molecular weight is 398 g/mol. The minimum absolute atomic E-state index is 0.0298. The van der Waals surface area contributed by atoms with Crippen LogP contribution < -0.4 is 0 Å². The molecule has 152 valence electrons. The summed E-state index contributed by atoms with van der Waals surface area (Å²) in [5.41, 5.74) is 0.239. The summed E-state index contributed by atoms with van der Waals surface area (Å²) in [6, 6.07) is -1.08. The Bertz CT molecular complexity index is 681. The van der Waals surface area contributed by atoms with Gasteiger partial charge in [0.1, 0.15) is 11.0 Å². The minimum Gasteiger partial charge on any atom is -0.480 e. The van der Waals surface area contributed by atoms with E-state index in [1.807, 2.05) is 19.2 Å². The third-order valence-electron chi connectivity index (χ3n) is 4.62. The molecule has 1 atom stereocenters. The first-order valence-electron chi connectivity index (χ1n) is 9.15. The molecule has 0 unspecified atom stereocenters. The van der Waals surface area contributed by atoms with Crippen LogP contribution in [0.2, 0.25) is 0 Å². The average Bonchev–Trinajstić information content (AvgIpc) is 3.06. The number of carboxylic acid groups (broad SMARTS) is 1. The van der Waals surface area contributed by atoms with Crippen molar-refractivity contribution < 1.29 is 19.4 Å². The van der Waals surface area contributed by atoms with E-state index in [1.54, 1.807) is 12.0 Å². The summed E-state index contributed by atoms with van der Waals surface area (Å²) >= 11 is 1.50. The first-order chi connectivity index (χ1) is 12.4. The summed E-state index contributed by atoms with van der Waals surface area (Å²) < 4.78 is 5.08. The van der Waals surface area contributed by atoms with Gasteiger partial charge in [-0.15, -0.1) is 11.3 Å². The van der Waals surface area contributed by atoms with Crippen molar-refractivity contribution in [2.24, 2.45) is 10.8 Å². The summed E-state index contributed by atoms with van der Waals surface area (Å²) in [4.78, 5) is 32.7. The number of hydrogen-bond donors (Lipinski definition) is 1. The van der Waals surface area contributed by atoms with Gasteiger partial charge in [-0.3, -0.25) is 0 Å². The normalized spacial score (nSPS) is 16.9. The van der Waals surface area contributed by atoms with Gasteiger partial charge in [0.05, 0.1) is 18.8 Å². The molecule has 1 N–H and O–H groups in total. The lowest BCUT2D eigenvalue weighted by atomic mass is 9.71. The highest BCUT2D eigenvalue weighted by Gasteiger charge is 2.46. The van der Waals surface area contributed by atoms with Gasteiger partial charge in [0.25, 0.3) is 0 Å². The number of nitrogens with zero attached hydrogens (tertiary/aromatic N) is 3. The molecule has 2 heterocycles. The van der Waals surface area contributed by atoms with E-state index >= 15 is 0 Å². The van der Waals surface area contributed by atoms with Crippen LogP contribution in [0.3, 0.4) is 0 Å².